The molecule has 1 aromatic rings. The Morgan fingerprint density at radius 1 is 1.39 bits per heavy atom. The molecule has 1 aliphatic rings. The Morgan fingerprint density at radius 2 is 2.17 bits per heavy atom. The van der Waals surface area contributed by atoms with E-state index in [1.165, 1.54) is 12.1 Å². The fourth-order valence-corrected chi connectivity index (χ4v) is 1.92. The first-order valence-corrected chi connectivity index (χ1v) is 6.46. The van der Waals surface area contributed by atoms with E-state index in [1.54, 1.807) is 6.07 Å². The van der Waals surface area contributed by atoms with Gasteiger partial charge in [-0.15, -0.1) is 0 Å². The summed E-state index contributed by atoms with van der Waals surface area (Å²) in [6.07, 6.45) is 2.64. The lowest BCUT2D eigenvalue weighted by Gasteiger charge is -2.06. The van der Waals surface area contributed by atoms with Crippen molar-refractivity contribution in [3.05, 3.63) is 34.6 Å². The third-order valence-electron chi connectivity index (χ3n) is 2.72. The monoisotopic (exact) mass is 270 g/mol. The summed E-state index contributed by atoms with van der Waals surface area (Å²) in [7, 11) is 0. The number of rotatable bonds is 6. The zero-order chi connectivity index (χ0) is 13.0. The van der Waals surface area contributed by atoms with Gasteiger partial charge in [-0.2, -0.15) is 0 Å². The third kappa shape index (κ3) is 4.63. The van der Waals surface area contributed by atoms with Gasteiger partial charge >= 0.3 is 0 Å². The fraction of sp³-hybridized carbons (Fsp3) is 0.462. The van der Waals surface area contributed by atoms with E-state index in [-0.39, 0.29) is 11.7 Å². The predicted octanol–water partition coefficient (Wildman–Crippen LogP) is 2.24. The molecule has 5 heteroatoms. The summed E-state index contributed by atoms with van der Waals surface area (Å²) < 4.78 is 13.0. The van der Waals surface area contributed by atoms with Crippen molar-refractivity contribution in [2.45, 2.75) is 31.8 Å². The van der Waals surface area contributed by atoms with Crippen LogP contribution in [0.25, 0.3) is 0 Å². The number of hydrogen-bond acceptors (Lipinski definition) is 2. The van der Waals surface area contributed by atoms with E-state index in [0.29, 0.717) is 30.6 Å². The molecule has 0 heterocycles. The van der Waals surface area contributed by atoms with Crippen LogP contribution in [-0.2, 0) is 11.3 Å². The summed E-state index contributed by atoms with van der Waals surface area (Å²) in [6.45, 7) is 1.08. The molecule has 0 radical (unpaired) electrons. The molecule has 1 aromatic carbocycles. The van der Waals surface area contributed by atoms with E-state index in [0.717, 1.165) is 18.4 Å². The van der Waals surface area contributed by atoms with Crippen LogP contribution in [0.4, 0.5) is 4.39 Å². The molecule has 1 amide bonds. The van der Waals surface area contributed by atoms with Crippen LogP contribution in [0.3, 0.4) is 0 Å². The second kappa shape index (κ2) is 6.16. The first kappa shape index (κ1) is 13.3. The lowest BCUT2D eigenvalue weighted by Crippen LogP contribution is -2.29. The van der Waals surface area contributed by atoms with Crippen LogP contribution in [0.15, 0.2) is 18.2 Å². The van der Waals surface area contributed by atoms with Crippen molar-refractivity contribution in [2.24, 2.45) is 0 Å². The molecule has 18 heavy (non-hydrogen) atoms. The Morgan fingerprint density at radius 3 is 2.83 bits per heavy atom. The van der Waals surface area contributed by atoms with E-state index in [2.05, 4.69) is 10.6 Å². The minimum atomic E-state index is -0.342. The van der Waals surface area contributed by atoms with Crippen LogP contribution in [-0.4, -0.2) is 18.5 Å². The van der Waals surface area contributed by atoms with Crippen molar-refractivity contribution in [2.75, 3.05) is 6.54 Å². The SMILES string of the molecule is O=C(CCNCc1cc(F)cc(Cl)c1)NC1CC1. The summed E-state index contributed by atoms with van der Waals surface area (Å²) >= 11 is 5.75. The Hall–Kier alpha value is -1.13. The number of carbonyl (C=O) groups is 1. The van der Waals surface area contributed by atoms with Crippen molar-refractivity contribution in [3.8, 4) is 0 Å². The molecular weight excluding hydrogens is 255 g/mol. The molecule has 0 saturated heterocycles. The van der Waals surface area contributed by atoms with Gasteiger partial charge in [-0.1, -0.05) is 11.6 Å². The normalized spacial score (nSPS) is 14.6. The highest BCUT2D eigenvalue weighted by molar-refractivity contribution is 6.30. The maximum Gasteiger partial charge on any atom is 0.221 e. The molecule has 1 aliphatic carbocycles. The molecular formula is C13H16ClFN2O. The van der Waals surface area contributed by atoms with Gasteiger partial charge in [0, 0.05) is 30.6 Å². The first-order chi connectivity index (χ1) is 8.63. The van der Waals surface area contributed by atoms with Gasteiger partial charge in [0.15, 0.2) is 0 Å². The summed E-state index contributed by atoms with van der Waals surface area (Å²) in [6, 6.07) is 4.82. The number of nitrogens with one attached hydrogen (secondary N) is 2. The molecule has 98 valence electrons. The molecule has 2 rings (SSSR count). The second-order valence-corrected chi connectivity index (χ2v) is 4.98. The molecule has 0 spiro atoms. The average Bonchev–Trinajstić information content (AvgIpc) is 3.07. The molecule has 0 unspecified atom stereocenters. The van der Waals surface area contributed by atoms with Gasteiger partial charge < -0.3 is 10.6 Å². The summed E-state index contributed by atoms with van der Waals surface area (Å²) in [5.74, 6) is -0.270. The van der Waals surface area contributed by atoms with Gasteiger partial charge in [-0.25, -0.2) is 4.39 Å². The standard InChI is InChI=1S/C13H16ClFN2O/c14-10-5-9(6-11(15)7-10)8-16-4-3-13(18)17-12-1-2-12/h5-7,12,16H,1-4,8H2,(H,17,18). The zero-order valence-electron chi connectivity index (χ0n) is 10.0. The van der Waals surface area contributed by atoms with Crippen molar-refractivity contribution in [3.63, 3.8) is 0 Å². The first-order valence-electron chi connectivity index (χ1n) is 6.08. The van der Waals surface area contributed by atoms with E-state index in [9.17, 15) is 9.18 Å². The quantitative estimate of drug-likeness (QED) is 0.779. The van der Waals surface area contributed by atoms with Gasteiger partial charge in [-0.3, -0.25) is 4.79 Å². The van der Waals surface area contributed by atoms with Crippen molar-refractivity contribution >= 4 is 17.5 Å². The highest BCUT2D eigenvalue weighted by Crippen LogP contribution is 2.18. The van der Waals surface area contributed by atoms with Gasteiger partial charge in [0.2, 0.25) is 5.91 Å². The minimum absolute atomic E-state index is 0.0716. The molecule has 3 nitrogen and oxygen atoms in total. The van der Waals surface area contributed by atoms with Crippen molar-refractivity contribution in [1.82, 2.24) is 10.6 Å². The maximum absolute atomic E-state index is 13.0. The zero-order valence-corrected chi connectivity index (χ0v) is 10.8. The second-order valence-electron chi connectivity index (χ2n) is 4.55. The van der Waals surface area contributed by atoms with E-state index >= 15 is 0 Å². The summed E-state index contributed by atoms with van der Waals surface area (Å²) in [4.78, 5) is 11.4. The Balaban J connectivity index is 1.66. The highest BCUT2D eigenvalue weighted by atomic mass is 35.5. The molecule has 0 bridgehead atoms. The molecule has 0 aromatic heterocycles. The minimum Gasteiger partial charge on any atom is -0.353 e. The van der Waals surface area contributed by atoms with Crippen LogP contribution in [0.1, 0.15) is 24.8 Å². The van der Waals surface area contributed by atoms with Crippen LogP contribution >= 0.6 is 11.6 Å². The number of carbonyl (C=O) groups excluding carboxylic acids is 1. The Kier molecular flexibility index (Phi) is 4.55. The van der Waals surface area contributed by atoms with Crippen LogP contribution in [0.5, 0.6) is 0 Å². The topological polar surface area (TPSA) is 41.1 Å². The van der Waals surface area contributed by atoms with E-state index in [1.807, 2.05) is 0 Å². The third-order valence-corrected chi connectivity index (χ3v) is 2.94. The molecule has 0 aliphatic heterocycles. The van der Waals surface area contributed by atoms with Gasteiger partial charge in [0.05, 0.1) is 0 Å². The van der Waals surface area contributed by atoms with Crippen LogP contribution in [0, 0.1) is 5.82 Å². The van der Waals surface area contributed by atoms with E-state index in [4.69, 9.17) is 11.6 Å². The van der Waals surface area contributed by atoms with Gasteiger partial charge in [0.25, 0.3) is 0 Å². The molecule has 2 N–H and O–H groups in total. The van der Waals surface area contributed by atoms with E-state index < -0.39 is 0 Å². The molecule has 1 saturated carbocycles. The smallest absolute Gasteiger partial charge is 0.221 e. The Labute approximate surface area is 111 Å². The lowest BCUT2D eigenvalue weighted by atomic mass is 10.2. The van der Waals surface area contributed by atoms with Gasteiger partial charge in [0.1, 0.15) is 5.82 Å². The Bertz CT molecular complexity index is 415. The van der Waals surface area contributed by atoms with Gasteiger partial charge in [-0.05, 0) is 36.6 Å². The number of amides is 1. The fourth-order valence-electron chi connectivity index (χ4n) is 1.68. The predicted molar refractivity (Wildman–Crippen MR) is 68.9 cm³/mol. The summed E-state index contributed by atoms with van der Waals surface area (Å²) in [5.41, 5.74) is 0.780. The maximum atomic E-state index is 13.0. The average molecular weight is 271 g/mol. The number of benzene rings is 1. The molecule has 0 atom stereocenters. The van der Waals surface area contributed by atoms with Crippen molar-refractivity contribution in [1.29, 1.82) is 0 Å². The molecule has 1 fully saturated rings. The lowest BCUT2D eigenvalue weighted by molar-refractivity contribution is -0.121. The van der Waals surface area contributed by atoms with Crippen molar-refractivity contribution < 1.29 is 9.18 Å². The van der Waals surface area contributed by atoms with Crippen LogP contribution < -0.4 is 10.6 Å². The largest absolute Gasteiger partial charge is 0.353 e. The number of halogens is 2. The number of hydrogen-bond donors (Lipinski definition) is 2. The highest BCUT2D eigenvalue weighted by Gasteiger charge is 2.22. The summed E-state index contributed by atoms with van der Waals surface area (Å²) in [5, 5.41) is 6.39. The van der Waals surface area contributed by atoms with Crippen LogP contribution in [0.2, 0.25) is 5.02 Å².